The average molecular weight is 307 g/mol. The zero-order chi connectivity index (χ0) is 14.1. The number of rotatable bonds is 2. The van der Waals surface area contributed by atoms with Gasteiger partial charge in [0.15, 0.2) is 4.77 Å². The third-order valence-electron chi connectivity index (χ3n) is 3.63. The fourth-order valence-corrected chi connectivity index (χ4v) is 2.89. The van der Waals surface area contributed by atoms with Crippen molar-refractivity contribution in [2.75, 3.05) is 6.54 Å². The molecule has 20 heavy (non-hydrogen) atoms. The third-order valence-corrected chi connectivity index (χ3v) is 4.05. The molecule has 0 fully saturated rings. The summed E-state index contributed by atoms with van der Waals surface area (Å²) in [6.07, 6.45) is 4.72. The van der Waals surface area contributed by atoms with Gasteiger partial charge in [0, 0.05) is 49.7 Å². The van der Waals surface area contributed by atoms with E-state index in [0.717, 1.165) is 26.1 Å². The van der Waals surface area contributed by atoms with Crippen LogP contribution in [0.2, 0.25) is 5.15 Å². The van der Waals surface area contributed by atoms with Gasteiger partial charge in [0.1, 0.15) is 5.15 Å². The van der Waals surface area contributed by atoms with Crippen LogP contribution in [-0.2, 0) is 19.5 Å². The van der Waals surface area contributed by atoms with E-state index in [2.05, 4.69) is 26.8 Å². The second-order valence-electron chi connectivity index (χ2n) is 5.09. The summed E-state index contributed by atoms with van der Waals surface area (Å²) in [7, 11) is 0. The highest BCUT2D eigenvalue weighted by atomic mass is 35.5. The molecule has 3 heterocycles. The molecule has 2 aromatic heterocycles. The molecule has 6 heteroatoms. The molecule has 0 unspecified atom stereocenters. The molecule has 0 aliphatic carbocycles. The summed E-state index contributed by atoms with van der Waals surface area (Å²) < 4.78 is 0.565. The summed E-state index contributed by atoms with van der Waals surface area (Å²) in [6.45, 7) is 4.84. The molecule has 0 spiro atoms. The molecular formula is C14H15ClN4S. The lowest BCUT2D eigenvalue weighted by molar-refractivity contribution is 0.242. The van der Waals surface area contributed by atoms with Gasteiger partial charge < -0.3 is 4.98 Å². The number of H-pyrrole nitrogens is 1. The number of pyridine rings is 1. The predicted molar refractivity (Wildman–Crippen MR) is 81.2 cm³/mol. The molecule has 3 rings (SSSR count). The van der Waals surface area contributed by atoms with Crippen molar-refractivity contribution in [3.8, 4) is 0 Å². The van der Waals surface area contributed by atoms with Gasteiger partial charge in [0.05, 0.1) is 0 Å². The van der Waals surface area contributed by atoms with Crippen LogP contribution in [0.15, 0.2) is 18.5 Å². The smallest absolute Gasteiger partial charge is 0.196 e. The molecule has 0 bridgehead atoms. The van der Waals surface area contributed by atoms with Crippen LogP contribution < -0.4 is 0 Å². The van der Waals surface area contributed by atoms with Crippen LogP contribution in [0.25, 0.3) is 0 Å². The van der Waals surface area contributed by atoms with Gasteiger partial charge in [-0.25, -0.2) is 9.97 Å². The highest BCUT2D eigenvalue weighted by Crippen LogP contribution is 2.20. The van der Waals surface area contributed by atoms with Crippen molar-refractivity contribution in [1.29, 1.82) is 0 Å². The van der Waals surface area contributed by atoms with Crippen molar-refractivity contribution in [3.63, 3.8) is 0 Å². The number of fused-ring (bicyclic) bond motifs is 1. The Kier molecular flexibility index (Phi) is 3.83. The molecule has 1 aliphatic heterocycles. The normalized spacial score (nSPS) is 15.1. The highest BCUT2D eigenvalue weighted by molar-refractivity contribution is 7.71. The second kappa shape index (κ2) is 5.60. The van der Waals surface area contributed by atoms with Gasteiger partial charge in [-0.15, -0.1) is 0 Å². The predicted octanol–water partition coefficient (Wildman–Crippen LogP) is 3.05. The SMILES string of the molecule is Cc1cc(Cl)ncc1CN1CCc2[nH]c(=S)ncc2C1. The van der Waals surface area contributed by atoms with Gasteiger partial charge >= 0.3 is 0 Å². The van der Waals surface area contributed by atoms with Gasteiger partial charge in [-0.2, -0.15) is 0 Å². The van der Waals surface area contributed by atoms with Gasteiger partial charge in [-0.1, -0.05) is 11.6 Å². The first kappa shape index (κ1) is 13.7. The number of aryl methyl sites for hydroxylation is 1. The summed E-state index contributed by atoms with van der Waals surface area (Å²) in [6, 6.07) is 1.91. The first-order valence-electron chi connectivity index (χ1n) is 6.52. The molecule has 0 amide bonds. The highest BCUT2D eigenvalue weighted by Gasteiger charge is 2.17. The largest absolute Gasteiger partial charge is 0.334 e. The lowest BCUT2D eigenvalue weighted by atomic mass is 10.1. The minimum Gasteiger partial charge on any atom is -0.334 e. The van der Waals surface area contributed by atoms with E-state index in [-0.39, 0.29) is 0 Å². The van der Waals surface area contributed by atoms with Crippen LogP contribution in [-0.4, -0.2) is 26.4 Å². The van der Waals surface area contributed by atoms with E-state index in [1.807, 2.05) is 18.5 Å². The molecular weight excluding hydrogens is 292 g/mol. The van der Waals surface area contributed by atoms with E-state index >= 15 is 0 Å². The number of nitrogens with one attached hydrogen (secondary N) is 1. The Morgan fingerprint density at radius 1 is 1.40 bits per heavy atom. The third kappa shape index (κ3) is 2.90. The molecule has 4 nitrogen and oxygen atoms in total. The molecule has 0 saturated heterocycles. The summed E-state index contributed by atoms with van der Waals surface area (Å²) in [4.78, 5) is 13.9. The quantitative estimate of drug-likeness (QED) is 0.684. The van der Waals surface area contributed by atoms with Gasteiger partial charge in [-0.3, -0.25) is 4.90 Å². The van der Waals surface area contributed by atoms with E-state index in [9.17, 15) is 0 Å². The zero-order valence-corrected chi connectivity index (χ0v) is 12.8. The summed E-state index contributed by atoms with van der Waals surface area (Å²) >= 11 is 11.0. The molecule has 0 radical (unpaired) electrons. The van der Waals surface area contributed by atoms with Gasteiger partial charge in [-0.05, 0) is 36.3 Å². The average Bonchev–Trinajstić information content (AvgIpc) is 2.42. The second-order valence-corrected chi connectivity index (χ2v) is 5.86. The number of halogens is 1. The van der Waals surface area contributed by atoms with Crippen molar-refractivity contribution in [1.82, 2.24) is 19.9 Å². The minimum absolute atomic E-state index is 0.548. The molecule has 2 aromatic rings. The number of aromatic amines is 1. The number of nitrogens with zero attached hydrogens (tertiary/aromatic N) is 3. The Morgan fingerprint density at radius 2 is 2.25 bits per heavy atom. The Hall–Kier alpha value is -1.30. The molecule has 1 aliphatic rings. The maximum atomic E-state index is 5.89. The standard InChI is InChI=1S/C14H15ClN4S/c1-9-4-13(15)16-5-10(9)7-19-3-2-12-11(8-19)6-17-14(20)18-12/h4-6H,2-3,7-8H2,1H3,(H,17,18,20). The molecule has 0 saturated carbocycles. The fraction of sp³-hybridized carbons (Fsp3) is 0.357. The monoisotopic (exact) mass is 306 g/mol. The Balaban J connectivity index is 1.77. The Bertz CT molecular complexity index is 698. The van der Waals surface area contributed by atoms with Gasteiger partial charge in [0.25, 0.3) is 0 Å². The maximum absolute atomic E-state index is 5.89. The number of hydrogen-bond donors (Lipinski definition) is 1. The first-order valence-corrected chi connectivity index (χ1v) is 7.31. The lowest BCUT2D eigenvalue weighted by Gasteiger charge is -2.28. The molecule has 0 aromatic carbocycles. The Labute approximate surface area is 127 Å². The maximum Gasteiger partial charge on any atom is 0.196 e. The van der Waals surface area contributed by atoms with Crippen LogP contribution in [0.4, 0.5) is 0 Å². The van der Waals surface area contributed by atoms with E-state index in [4.69, 9.17) is 23.8 Å². The topological polar surface area (TPSA) is 44.8 Å². The van der Waals surface area contributed by atoms with E-state index in [1.165, 1.54) is 22.4 Å². The van der Waals surface area contributed by atoms with Crippen molar-refractivity contribution in [2.45, 2.75) is 26.4 Å². The van der Waals surface area contributed by atoms with Crippen LogP contribution in [0, 0.1) is 11.7 Å². The molecule has 0 atom stereocenters. The van der Waals surface area contributed by atoms with Crippen LogP contribution in [0.1, 0.15) is 22.4 Å². The van der Waals surface area contributed by atoms with E-state index in [1.54, 1.807) is 0 Å². The minimum atomic E-state index is 0.548. The van der Waals surface area contributed by atoms with Crippen LogP contribution in [0.5, 0.6) is 0 Å². The van der Waals surface area contributed by atoms with Crippen molar-refractivity contribution in [3.05, 3.63) is 50.8 Å². The van der Waals surface area contributed by atoms with Gasteiger partial charge in [0.2, 0.25) is 0 Å². The molecule has 1 N–H and O–H groups in total. The summed E-state index contributed by atoms with van der Waals surface area (Å²) in [5.74, 6) is 0. The van der Waals surface area contributed by atoms with Crippen molar-refractivity contribution in [2.24, 2.45) is 0 Å². The Morgan fingerprint density at radius 3 is 3.05 bits per heavy atom. The zero-order valence-electron chi connectivity index (χ0n) is 11.2. The van der Waals surface area contributed by atoms with Crippen LogP contribution >= 0.6 is 23.8 Å². The number of hydrogen-bond acceptors (Lipinski definition) is 4. The van der Waals surface area contributed by atoms with Crippen molar-refractivity contribution < 1.29 is 0 Å². The molecule has 104 valence electrons. The lowest BCUT2D eigenvalue weighted by Crippen LogP contribution is -2.31. The first-order chi connectivity index (χ1) is 9.61. The number of aromatic nitrogens is 3. The van der Waals surface area contributed by atoms with E-state index in [0.29, 0.717) is 9.92 Å². The summed E-state index contributed by atoms with van der Waals surface area (Å²) in [5.41, 5.74) is 4.84. The fourth-order valence-electron chi connectivity index (χ4n) is 2.50. The van der Waals surface area contributed by atoms with Crippen molar-refractivity contribution >= 4 is 23.8 Å². The van der Waals surface area contributed by atoms with E-state index < -0.39 is 0 Å². The van der Waals surface area contributed by atoms with Crippen LogP contribution in [0.3, 0.4) is 0 Å². The summed E-state index contributed by atoms with van der Waals surface area (Å²) in [5, 5.41) is 0.548.